The third kappa shape index (κ3) is 5.73. The molecule has 34 heavy (non-hydrogen) atoms. The lowest BCUT2D eigenvalue weighted by Crippen LogP contribution is -2.26. The molecule has 4 rings (SSSR count). The van der Waals surface area contributed by atoms with Crippen LogP contribution >= 0.6 is 0 Å². The lowest BCUT2D eigenvalue weighted by atomic mass is 9.88. The van der Waals surface area contributed by atoms with Gasteiger partial charge in [0.2, 0.25) is 0 Å². The molecule has 182 valence electrons. The quantitative estimate of drug-likeness (QED) is 0.477. The summed E-state index contributed by atoms with van der Waals surface area (Å²) in [7, 11) is 0. The molecule has 0 bridgehead atoms. The fraction of sp³-hybridized carbons (Fsp3) is 0.538. The van der Waals surface area contributed by atoms with E-state index < -0.39 is 5.97 Å². The topological polar surface area (TPSA) is 110 Å². The standard InChI is InChI=1S/C26H34N4O4/c1-4-18-13-20(11-16(2)24(18)33-10-9-27-15-23(31)32)25-29-26(34-30-25)21-12-17(3)28-22(14-21)19-7-5-6-8-19/h12-14,19-20,27H,4-11,15H2,1-3H3,(H,31,32). The summed E-state index contributed by atoms with van der Waals surface area (Å²) >= 11 is 0. The third-order valence-corrected chi connectivity index (χ3v) is 6.56. The second-order valence-electron chi connectivity index (χ2n) is 9.25. The van der Waals surface area contributed by atoms with E-state index in [1.165, 1.54) is 25.7 Å². The summed E-state index contributed by atoms with van der Waals surface area (Å²) < 4.78 is 11.7. The molecule has 0 amide bonds. The molecule has 1 fully saturated rings. The van der Waals surface area contributed by atoms with Crippen LogP contribution in [0.1, 0.15) is 81.4 Å². The number of pyridine rings is 1. The van der Waals surface area contributed by atoms with Crippen LogP contribution in [0.3, 0.4) is 0 Å². The van der Waals surface area contributed by atoms with Gasteiger partial charge in [0.25, 0.3) is 5.89 Å². The highest BCUT2D eigenvalue weighted by Crippen LogP contribution is 2.37. The number of carboxylic acids is 1. The first-order valence-corrected chi connectivity index (χ1v) is 12.2. The zero-order valence-electron chi connectivity index (χ0n) is 20.3. The highest BCUT2D eigenvalue weighted by molar-refractivity contribution is 5.68. The molecule has 2 heterocycles. The maximum Gasteiger partial charge on any atom is 0.317 e. The Hall–Kier alpha value is -3.00. The molecule has 2 aromatic rings. The van der Waals surface area contributed by atoms with Crippen molar-refractivity contribution in [3.05, 3.63) is 52.3 Å². The molecule has 2 aromatic heterocycles. The Morgan fingerprint density at radius 2 is 2.03 bits per heavy atom. The highest BCUT2D eigenvalue weighted by Gasteiger charge is 2.26. The van der Waals surface area contributed by atoms with Crippen molar-refractivity contribution in [1.29, 1.82) is 0 Å². The van der Waals surface area contributed by atoms with Gasteiger partial charge in [-0.15, -0.1) is 0 Å². The van der Waals surface area contributed by atoms with Crippen LogP contribution in [-0.4, -0.2) is 45.9 Å². The highest BCUT2D eigenvalue weighted by atomic mass is 16.5. The van der Waals surface area contributed by atoms with Gasteiger partial charge in [-0.3, -0.25) is 9.78 Å². The van der Waals surface area contributed by atoms with E-state index in [9.17, 15) is 4.79 Å². The molecular formula is C26H34N4O4. The Balaban J connectivity index is 1.46. The summed E-state index contributed by atoms with van der Waals surface area (Å²) in [6.45, 7) is 7.00. The molecular weight excluding hydrogens is 432 g/mol. The molecule has 0 aliphatic heterocycles. The number of aromatic nitrogens is 3. The zero-order chi connectivity index (χ0) is 24.1. The van der Waals surface area contributed by atoms with Crippen molar-refractivity contribution in [3.63, 3.8) is 0 Å². The fourth-order valence-electron chi connectivity index (χ4n) is 4.91. The van der Waals surface area contributed by atoms with Crippen molar-refractivity contribution in [1.82, 2.24) is 20.4 Å². The van der Waals surface area contributed by atoms with Crippen molar-refractivity contribution in [2.24, 2.45) is 0 Å². The Kier molecular flexibility index (Phi) is 7.77. The van der Waals surface area contributed by atoms with Crippen LogP contribution in [0.5, 0.6) is 0 Å². The van der Waals surface area contributed by atoms with Gasteiger partial charge in [0.05, 0.1) is 6.54 Å². The summed E-state index contributed by atoms with van der Waals surface area (Å²) in [5.74, 6) is 1.80. The molecule has 8 nitrogen and oxygen atoms in total. The molecule has 1 unspecified atom stereocenters. The molecule has 0 radical (unpaired) electrons. The maximum atomic E-state index is 10.6. The van der Waals surface area contributed by atoms with Gasteiger partial charge in [-0.05, 0) is 62.8 Å². The van der Waals surface area contributed by atoms with Gasteiger partial charge < -0.3 is 19.7 Å². The number of aryl methyl sites for hydroxylation is 1. The second kappa shape index (κ2) is 11.0. The average Bonchev–Trinajstić information content (AvgIpc) is 3.51. The molecule has 1 saturated carbocycles. The first kappa shape index (κ1) is 24.1. The first-order chi connectivity index (χ1) is 16.4. The number of ether oxygens (including phenoxy) is 1. The normalized spacial score (nSPS) is 18.9. The Labute approximate surface area is 200 Å². The number of aliphatic carboxylic acids is 1. The predicted molar refractivity (Wildman–Crippen MR) is 128 cm³/mol. The van der Waals surface area contributed by atoms with Crippen LogP contribution < -0.4 is 5.32 Å². The van der Waals surface area contributed by atoms with E-state index in [1.54, 1.807) is 0 Å². The van der Waals surface area contributed by atoms with E-state index in [0.717, 1.165) is 46.7 Å². The monoisotopic (exact) mass is 466 g/mol. The van der Waals surface area contributed by atoms with Gasteiger partial charge >= 0.3 is 5.97 Å². The predicted octanol–water partition coefficient (Wildman–Crippen LogP) is 4.89. The smallest absolute Gasteiger partial charge is 0.317 e. The minimum absolute atomic E-state index is 0.0298. The number of nitrogens with zero attached hydrogens (tertiary/aromatic N) is 3. The number of hydrogen-bond acceptors (Lipinski definition) is 7. The Bertz CT molecular complexity index is 1080. The lowest BCUT2D eigenvalue weighted by Gasteiger charge is -2.24. The summed E-state index contributed by atoms with van der Waals surface area (Å²) in [6.07, 6.45) is 8.68. The van der Waals surface area contributed by atoms with Gasteiger partial charge in [0, 0.05) is 35.3 Å². The number of hydrogen-bond donors (Lipinski definition) is 2. The Morgan fingerprint density at radius 3 is 2.76 bits per heavy atom. The second-order valence-corrected chi connectivity index (χ2v) is 9.25. The van der Waals surface area contributed by atoms with Crippen LogP contribution in [0.2, 0.25) is 0 Å². The van der Waals surface area contributed by atoms with Gasteiger partial charge in [-0.2, -0.15) is 4.98 Å². The summed E-state index contributed by atoms with van der Waals surface area (Å²) in [5, 5.41) is 15.9. The minimum atomic E-state index is -0.874. The van der Waals surface area contributed by atoms with Crippen molar-refractivity contribution < 1.29 is 19.2 Å². The van der Waals surface area contributed by atoms with E-state index in [0.29, 0.717) is 30.8 Å². The largest absolute Gasteiger partial charge is 0.492 e. The number of rotatable bonds is 10. The third-order valence-electron chi connectivity index (χ3n) is 6.56. The molecule has 0 saturated heterocycles. The van der Waals surface area contributed by atoms with E-state index in [2.05, 4.69) is 36.5 Å². The van der Waals surface area contributed by atoms with Crippen molar-refractivity contribution >= 4 is 5.97 Å². The van der Waals surface area contributed by atoms with Gasteiger partial charge in [0.1, 0.15) is 12.4 Å². The van der Waals surface area contributed by atoms with Gasteiger partial charge in [0.15, 0.2) is 5.82 Å². The van der Waals surface area contributed by atoms with Crippen molar-refractivity contribution in [3.8, 4) is 11.5 Å². The van der Waals surface area contributed by atoms with Crippen LogP contribution in [0, 0.1) is 6.92 Å². The van der Waals surface area contributed by atoms with Crippen LogP contribution in [0.25, 0.3) is 11.5 Å². The molecule has 2 aliphatic carbocycles. The number of nitrogens with one attached hydrogen (secondary N) is 1. The molecule has 1 atom stereocenters. The summed E-state index contributed by atoms with van der Waals surface area (Å²) in [4.78, 5) is 20.2. The molecule has 0 aromatic carbocycles. The average molecular weight is 467 g/mol. The van der Waals surface area contributed by atoms with Crippen LogP contribution in [0.15, 0.2) is 39.6 Å². The zero-order valence-corrected chi connectivity index (χ0v) is 20.3. The number of carboxylic acid groups (broad SMARTS) is 1. The Morgan fingerprint density at radius 1 is 1.24 bits per heavy atom. The number of carbonyl (C=O) groups is 1. The van der Waals surface area contributed by atoms with E-state index in [-0.39, 0.29) is 12.5 Å². The SMILES string of the molecule is CCC1=CC(c2noc(-c3cc(C)nc(C4CCCC4)c3)n2)CC(C)=C1OCCNCC(=O)O. The van der Waals surface area contributed by atoms with E-state index >= 15 is 0 Å². The first-order valence-electron chi connectivity index (χ1n) is 12.2. The lowest BCUT2D eigenvalue weighted by molar-refractivity contribution is -0.135. The van der Waals surface area contributed by atoms with Gasteiger partial charge in [-0.1, -0.05) is 31.0 Å². The van der Waals surface area contributed by atoms with Crippen molar-refractivity contribution in [2.75, 3.05) is 19.7 Å². The fourth-order valence-corrected chi connectivity index (χ4v) is 4.91. The summed E-state index contributed by atoms with van der Waals surface area (Å²) in [5.41, 5.74) is 5.30. The van der Waals surface area contributed by atoms with Crippen LogP contribution in [0.4, 0.5) is 0 Å². The van der Waals surface area contributed by atoms with Gasteiger partial charge in [-0.25, -0.2) is 0 Å². The maximum absolute atomic E-state index is 10.6. The van der Waals surface area contributed by atoms with Crippen molar-refractivity contribution in [2.45, 2.75) is 71.1 Å². The molecule has 2 N–H and O–H groups in total. The molecule has 8 heteroatoms. The molecule has 0 spiro atoms. The van der Waals surface area contributed by atoms with E-state index in [4.69, 9.17) is 24.3 Å². The minimum Gasteiger partial charge on any atom is -0.492 e. The number of allylic oxidation sites excluding steroid dienone is 3. The molecule has 2 aliphatic rings. The summed E-state index contributed by atoms with van der Waals surface area (Å²) in [6, 6.07) is 4.13. The van der Waals surface area contributed by atoms with Crippen LogP contribution in [-0.2, 0) is 9.53 Å². The van der Waals surface area contributed by atoms with E-state index in [1.807, 2.05) is 13.0 Å².